The average molecular weight is 388 g/mol. The second kappa shape index (κ2) is 8.77. The van der Waals surface area contributed by atoms with Crippen LogP contribution in [0.1, 0.15) is 24.1 Å². The topological polar surface area (TPSA) is 83.9 Å². The highest BCUT2D eigenvalue weighted by molar-refractivity contribution is 5.79. The summed E-state index contributed by atoms with van der Waals surface area (Å²) in [4.78, 5) is 32.3. The average Bonchev–Trinajstić information content (AvgIpc) is 2.78. The Morgan fingerprint density at radius 1 is 1.10 bits per heavy atom. The van der Waals surface area contributed by atoms with Gasteiger partial charge >= 0.3 is 0 Å². The molecule has 0 bridgehead atoms. The number of carbonyl (C=O) groups is 1. The molecule has 7 nitrogen and oxygen atoms in total. The number of piperidine rings is 1. The van der Waals surface area contributed by atoms with Crippen LogP contribution in [0.4, 0.5) is 5.82 Å². The van der Waals surface area contributed by atoms with E-state index in [1.807, 2.05) is 37.3 Å². The normalized spacial score (nSPS) is 14.6. The summed E-state index contributed by atoms with van der Waals surface area (Å²) in [5, 5.41) is 3.03. The highest BCUT2D eigenvalue weighted by Gasteiger charge is 2.26. The highest BCUT2D eigenvalue weighted by atomic mass is 16.1. The van der Waals surface area contributed by atoms with Gasteiger partial charge in [-0.2, -0.15) is 0 Å². The molecule has 29 heavy (non-hydrogen) atoms. The monoisotopic (exact) mass is 388 g/mol. The van der Waals surface area contributed by atoms with Crippen molar-refractivity contribution in [2.45, 2.75) is 26.3 Å². The molecule has 0 radical (unpaired) electrons. The Hall–Kier alpha value is -3.35. The minimum absolute atomic E-state index is 0.0312. The molecule has 0 atom stereocenters. The van der Waals surface area contributed by atoms with E-state index in [9.17, 15) is 4.79 Å². The molecule has 1 N–H and O–H groups in total. The first kappa shape index (κ1) is 19.0. The van der Waals surface area contributed by atoms with Crippen molar-refractivity contribution in [3.05, 3.63) is 66.4 Å². The number of amides is 1. The summed E-state index contributed by atoms with van der Waals surface area (Å²) in [6.45, 7) is 4.10. The number of carbonyl (C=O) groups excluding carboxylic acids is 1. The van der Waals surface area contributed by atoms with E-state index in [4.69, 9.17) is 4.98 Å². The first-order valence-electron chi connectivity index (χ1n) is 9.87. The standard InChI is InChI=1S/C22H24N6O/c1-16-12-20(27-21(26-16)19-5-3-9-24-15-19)28-10-6-18(7-11-28)22(29)25-14-17-4-2-8-23-13-17/h2-5,8-9,12-13,15,18H,6-7,10-11,14H2,1H3,(H,25,29). The Morgan fingerprint density at radius 2 is 1.86 bits per heavy atom. The molecule has 4 rings (SSSR count). The number of hydrogen-bond donors (Lipinski definition) is 1. The molecule has 7 heteroatoms. The summed E-state index contributed by atoms with van der Waals surface area (Å²) in [6, 6.07) is 9.69. The summed E-state index contributed by atoms with van der Waals surface area (Å²) in [5.74, 6) is 1.74. The minimum atomic E-state index is 0.0312. The van der Waals surface area contributed by atoms with Crippen molar-refractivity contribution in [1.82, 2.24) is 25.3 Å². The van der Waals surface area contributed by atoms with E-state index in [0.29, 0.717) is 12.4 Å². The van der Waals surface area contributed by atoms with E-state index in [-0.39, 0.29) is 11.8 Å². The van der Waals surface area contributed by atoms with Crippen LogP contribution in [0.15, 0.2) is 55.1 Å². The zero-order valence-electron chi connectivity index (χ0n) is 16.5. The largest absolute Gasteiger partial charge is 0.356 e. The van der Waals surface area contributed by atoms with Crippen LogP contribution in [0.3, 0.4) is 0 Å². The number of nitrogens with one attached hydrogen (secondary N) is 1. The summed E-state index contributed by atoms with van der Waals surface area (Å²) < 4.78 is 0. The molecule has 0 aliphatic carbocycles. The molecule has 148 valence electrons. The van der Waals surface area contributed by atoms with E-state index in [1.165, 1.54) is 0 Å². The van der Waals surface area contributed by atoms with E-state index in [1.54, 1.807) is 24.8 Å². The molecule has 3 aromatic heterocycles. The number of pyridine rings is 2. The minimum Gasteiger partial charge on any atom is -0.356 e. The van der Waals surface area contributed by atoms with Gasteiger partial charge in [0.25, 0.3) is 0 Å². The van der Waals surface area contributed by atoms with Gasteiger partial charge in [0, 0.05) is 67.7 Å². The lowest BCUT2D eigenvalue weighted by Crippen LogP contribution is -2.40. The third-order valence-electron chi connectivity index (χ3n) is 5.14. The lowest BCUT2D eigenvalue weighted by atomic mass is 9.96. The van der Waals surface area contributed by atoms with Crippen LogP contribution in [0.25, 0.3) is 11.4 Å². The first-order valence-corrected chi connectivity index (χ1v) is 9.87. The van der Waals surface area contributed by atoms with Gasteiger partial charge in [-0.05, 0) is 43.5 Å². The summed E-state index contributed by atoms with van der Waals surface area (Å²) in [5.41, 5.74) is 2.84. The predicted molar refractivity (Wildman–Crippen MR) is 111 cm³/mol. The molecular formula is C22H24N6O. The van der Waals surface area contributed by atoms with Crippen molar-refractivity contribution in [1.29, 1.82) is 0 Å². The van der Waals surface area contributed by atoms with Gasteiger partial charge in [0.2, 0.25) is 5.91 Å². The van der Waals surface area contributed by atoms with Gasteiger partial charge in [-0.15, -0.1) is 0 Å². The Bertz CT molecular complexity index is 956. The van der Waals surface area contributed by atoms with Crippen molar-refractivity contribution < 1.29 is 4.79 Å². The number of nitrogens with zero attached hydrogens (tertiary/aromatic N) is 5. The molecule has 0 aromatic carbocycles. The van der Waals surface area contributed by atoms with Gasteiger partial charge in [-0.1, -0.05) is 6.07 Å². The summed E-state index contributed by atoms with van der Waals surface area (Å²) >= 11 is 0. The van der Waals surface area contributed by atoms with Crippen LogP contribution in [0, 0.1) is 12.8 Å². The lowest BCUT2D eigenvalue weighted by Gasteiger charge is -2.32. The van der Waals surface area contributed by atoms with Gasteiger partial charge in [0.1, 0.15) is 5.82 Å². The van der Waals surface area contributed by atoms with Gasteiger partial charge in [-0.3, -0.25) is 14.8 Å². The van der Waals surface area contributed by atoms with Crippen molar-refractivity contribution in [3.8, 4) is 11.4 Å². The number of hydrogen-bond acceptors (Lipinski definition) is 6. The molecule has 1 fully saturated rings. The third-order valence-corrected chi connectivity index (χ3v) is 5.14. The Kier molecular flexibility index (Phi) is 5.74. The molecule has 1 amide bonds. The van der Waals surface area contributed by atoms with Crippen molar-refractivity contribution >= 4 is 11.7 Å². The molecule has 0 saturated carbocycles. The SMILES string of the molecule is Cc1cc(N2CCC(C(=O)NCc3cccnc3)CC2)nc(-c2cccnc2)n1. The Morgan fingerprint density at radius 3 is 2.55 bits per heavy atom. The molecule has 0 unspecified atom stereocenters. The van der Waals surface area contributed by atoms with Crippen molar-refractivity contribution in [2.24, 2.45) is 5.92 Å². The van der Waals surface area contributed by atoms with Crippen LogP contribution < -0.4 is 10.2 Å². The van der Waals surface area contributed by atoms with E-state index >= 15 is 0 Å². The molecular weight excluding hydrogens is 364 g/mol. The van der Waals surface area contributed by atoms with Crippen LogP contribution in [-0.4, -0.2) is 38.9 Å². The molecule has 1 saturated heterocycles. The maximum absolute atomic E-state index is 12.5. The second-order valence-corrected chi connectivity index (χ2v) is 7.27. The van der Waals surface area contributed by atoms with Gasteiger partial charge in [0.15, 0.2) is 5.82 Å². The van der Waals surface area contributed by atoms with Gasteiger partial charge < -0.3 is 10.2 Å². The Labute approximate surface area is 170 Å². The number of aromatic nitrogens is 4. The quantitative estimate of drug-likeness (QED) is 0.724. The fourth-order valence-electron chi connectivity index (χ4n) is 3.55. The number of rotatable bonds is 5. The zero-order valence-corrected chi connectivity index (χ0v) is 16.5. The van der Waals surface area contributed by atoms with Crippen molar-refractivity contribution in [3.63, 3.8) is 0 Å². The van der Waals surface area contributed by atoms with Gasteiger partial charge in [-0.25, -0.2) is 9.97 Å². The maximum atomic E-state index is 12.5. The lowest BCUT2D eigenvalue weighted by molar-refractivity contribution is -0.125. The summed E-state index contributed by atoms with van der Waals surface area (Å²) in [6.07, 6.45) is 8.64. The van der Waals surface area contributed by atoms with Crippen LogP contribution >= 0.6 is 0 Å². The second-order valence-electron chi connectivity index (χ2n) is 7.27. The number of aryl methyl sites for hydroxylation is 1. The summed E-state index contributed by atoms with van der Waals surface area (Å²) in [7, 11) is 0. The van der Waals surface area contributed by atoms with Crippen LogP contribution in [0.2, 0.25) is 0 Å². The number of anilines is 1. The Balaban J connectivity index is 1.37. The van der Waals surface area contributed by atoms with Gasteiger partial charge in [0.05, 0.1) is 0 Å². The van der Waals surface area contributed by atoms with Crippen molar-refractivity contribution in [2.75, 3.05) is 18.0 Å². The van der Waals surface area contributed by atoms with E-state index in [0.717, 1.165) is 48.6 Å². The predicted octanol–water partition coefficient (Wildman–Crippen LogP) is 2.77. The fourth-order valence-corrected chi connectivity index (χ4v) is 3.55. The zero-order chi connectivity index (χ0) is 20.1. The van der Waals surface area contributed by atoms with Crippen LogP contribution in [-0.2, 0) is 11.3 Å². The molecule has 1 aliphatic rings. The van der Waals surface area contributed by atoms with E-state index < -0.39 is 0 Å². The third kappa shape index (κ3) is 4.74. The molecule has 3 aromatic rings. The maximum Gasteiger partial charge on any atom is 0.223 e. The highest BCUT2D eigenvalue weighted by Crippen LogP contribution is 2.25. The van der Waals surface area contributed by atoms with E-state index in [2.05, 4.69) is 25.2 Å². The first-order chi connectivity index (χ1) is 14.2. The molecule has 1 aliphatic heterocycles. The fraction of sp³-hybridized carbons (Fsp3) is 0.318. The van der Waals surface area contributed by atoms with Crippen LogP contribution in [0.5, 0.6) is 0 Å². The molecule has 4 heterocycles. The smallest absolute Gasteiger partial charge is 0.223 e. The molecule has 0 spiro atoms.